The van der Waals surface area contributed by atoms with E-state index < -0.39 is 0 Å². The molecule has 6 aromatic carbocycles. The molecule has 0 aliphatic carbocycles. The van der Waals surface area contributed by atoms with Gasteiger partial charge >= 0.3 is 0 Å². The number of benzene rings is 6. The molecule has 0 radical (unpaired) electrons. The summed E-state index contributed by atoms with van der Waals surface area (Å²) in [4.78, 5) is 2.23. The van der Waals surface area contributed by atoms with Gasteiger partial charge in [0.25, 0.3) is 0 Å². The first kappa shape index (κ1) is 42.4. The minimum Gasteiger partial charge on any atom is -0.405 e. The van der Waals surface area contributed by atoms with Gasteiger partial charge in [-0.2, -0.15) is 0 Å². The summed E-state index contributed by atoms with van der Waals surface area (Å²) in [6.45, 7) is 14.8. The zero-order valence-electron chi connectivity index (χ0n) is 33.9. The van der Waals surface area contributed by atoms with Crippen LogP contribution in [0.25, 0.3) is 44.2 Å². The van der Waals surface area contributed by atoms with E-state index in [9.17, 15) is 0 Å². The molecule has 286 valence electrons. The van der Waals surface area contributed by atoms with E-state index in [-0.39, 0.29) is 6.04 Å². The smallest absolute Gasteiger partial charge is 0.0541 e. The van der Waals surface area contributed by atoms with Gasteiger partial charge in [0.1, 0.15) is 0 Å². The Hall–Kier alpha value is -6.36. The van der Waals surface area contributed by atoms with Crippen molar-refractivity contribution < 1.29 is 0 Å². The first-order valence-corrected chi connectivity index (χ1v) is 19.6. The van der Waals surface area contributed by atoms with Crippen LogP contribution >= 0.6 is 0 Å². The quantitative estimate of drug-likeness (QED) is 0.185. The zero-order valence-corrected chi connectivity index (χ0v) is 33.9. The SMILES string of the molecule is C=C1/C=C\C=C/N(C(C)/C=C\N)c2ccc(-c3ccc4c(c3)c3ccccc3n4-c3ccccc3)cc21.CC.CCc1ccccc1C.CN.c1ccccc1. The van der Waals surface area contributed by atoms with Crippen molar-refractivity contribution in [2.45, 2.75) is 47.1 Å². The fourth-order valence-electron chi connectivity index (χ4n) is 6.69. The number of rotatable bonds is 5. The van der Waals surface area contributed by atoms with Crippen LogP contribution < -0.4 is 16.4 Å². The third-order valence-corrected chi connectivity index (χ3v) is 9.43. The lowest BCUT2D eigenvalue weighted by atomic mass is 9.95. The number of anilines is 1. The Morgan fingerprint density at radius 2 is 1.23 bits per heavy atom. The van der Waals surface area contributed by atoms with Crippen LogP contribution in [-0.2, 0) is 6.42 Å². The molecule has 56 heavy (non-hydrogen) atoms. The fraction of sp³-hybridized carbons (Fsp3) is 0.154. The number of hydrogen-bond acceptors (Lipinski definition) is 3. The summed E-state index contributed by atoms with van der Waals surface area (Å²) in [7, 11) is 1.50. The monoisotopic (exact) mass is 738 g/mol. The molecule has 4 heteroatoms. The topological polar surface area (TPSA) is 60.2 Å². The summed E-state index contributed by atoms with van der Waals surface area (Å²) in [5.41, 5.74) is 22.2. The highest BCUT2D eigenvalue weighted by atomic mass is 15.1. The van der Waals surface area contributed by atoms with Gasteiger partial charge < -0.3 is 20.9 Å². The Kier molecular flexibility index (Phi) is 16.7. The second-order valence-electron chi connectivity index (χ2n) is 12.8. The number of hydrogen-bond donors (Lipinski definition) is 2. The molecular weight excluding hydrogens is 681 g/mol. The van der Waals surface area contributed by atoms with Crippen LogP contribution in [0.3, 0.4) is 0 Å². The van der Waals surface area contributed by atoms with Gasteiger partial charge in [-0.1, -0.05) is 149 Å². The highest BCUT2D eigenvalue weighted by Crippen LogP contribution is 2.38. The predicted octanol–water partition coefficient (Wildman–Crippen LogP) is 13.1. The molecule has 1 aliphatic heterocycles. The minimum absolute atomic E-state index is 0.116. The first-order valence-electron chi connectivity index (χ1n) is 19.6. The van der Waals surface area contributed by atoms with Gasteiger partial charge in [-0.25, -0.2) is 0 Å². The second kappa shape index (κ2) is 22.1. The molecule has 4 nitrogen and oxygen atoms in total. The summed E-state index contributed by atoms with van der Waals surface area (Å²) >= 11 is 0. The fourth-order valence-corrected chi connectivity index (χ4v) is 6.69. The van der Waals surface area contributed by atoms with E-state index in [0.717, 1.165) is 23.2 Å². The van der Waals surface area contributed by atoms with E-state index >= 15 is 0 Å². The molecule has 0 bridgehead atoms. The number of nitrogens with zero attached hydrogens (tertiary/aromatic N) is 2. The Morgan fingerprint density at radius 1 is 0.661 bits per heavy atom. The van der Waals surface area contributed by atoms with Crippen LogP contribution in [-0.4, -0.2) is 17.7 Å². The van der Waals surface area contributed by atoms with Crippen LogP contribution in [0.2, 0.25) is 0 Å². The number of aromatic nitrogens is 1. The van der Waals surface area contributed by atoms with Crippen molar-refractivity contribution >= 4 is 33.1 Å². The Morgan fingerprint density at radius 3 is 1.88 bits per heavy atom. The lowest BCUT2D eigenvalue weighted by Crippen LogP contribution is -2.27. The number of para-hydroxylation sites is 2. The minimum atomic E-state index is 0.116. The summed E-state index contributed by atoms with van der Waals surface area (Å²) in [5, 5.41) is 2.49. The Labute approximate surface area is 335 Å². The van der Waals surface area contributed by atoms with E-state index in [4.69, 9.17) is 5.73 Å². The molecule has 1 aliphatic rings. The molecule has 1 unspecified atom stereocenters. The predicted molar refractivity (Wildman–Crippen MR) is 247 cm³/mol. The van der Waals surface area contributed by atoms with E-state index in [1.165, 1.54) is 56.8 Å². The summed E-state index contributed by atoms with van der Waals surface area (Å²) < 4.78 is 2.35. The number of allylic oxidation sites excluding steroid dienone is 4. The molecule has 4 N–H and O–H groups in total. The average Bonchev–Trinajstić information content (AvgIpc) is 3.59. The third kappa shape index (κ3) is 10.4. The molecule has 0 spiro atoms. The molecule has 0 fully saturated rings. The van der Waals surface area contributed by atoms with Crippen LogP contribution in [0.5, 0.6) is 0 Å². The van der Waals surface area contributed by atoms with Crippen molar-refractivity contribution in [1.82, 2.24) is 4.57 Å². The standard InChI is InChI=1S/C34H29N3.C9H12.C6H6.C2H6.CH5N/c1-24-10-8-9-21-36(25(2)19-20-35)32-17-15-26(22-30(24)32)27-16-18-34-31(23-27)29-13-6-7-14-33(29)37(34)28-11-4-3-5-12-28;1-3-9-7-5-4-6-8(9)2;1-2-4-6-5-3-1;2*1-2/h3-23,25H,1,35H2,2H3;4-7H,3H2,1-2H3;1-6H;1-2H3;2H2,1H3/b10-8-,20-19-,21-9-;;;;. The van der Waals surface area contributed by atoms with E-state index in [2.05, 4.69) is 170 Å². The molecule has 0 amide bonds. The van der Waals surface area contributed by atoms with Crippen molar-refractivity contribution in [3.8, 4) is 16.8 Å². The van der Waals surface area contributed by atoms with Gasteiger partial charge in [-0.15, -0.1) is 0 Å². The largest absolute Gasteiger partial charge is 0.405 e. The van der Waals surface area contributed by atoms with Crippen molar-refractivity contribution in [2.24, 2.45) is 11.5 Å². The first-order chi connectivity index (χ1) is 27.5. The van der Waals surface area contributed by atoms with Crippen molar-refractivity contribution in [1.29, 1.82) is 0 Å². The molecule has 1 atom stereocenters. The van der Waals surface area contributed by atoms with Crippen LogP contribution in [0.15, 0.2) is 195 Å². The van der Waals surface area contributed by atoms with Gasteiger partial charge in [0.15, 0.2) is 0 Å². The van der Waals surface area contributed by atoms with Gasteiger partial charge in [-0.3, -0.25) is 0 Å². The maximum Gasteiger partial charge on any atom is 0.0541 e. The lowest BCUT2D eigenvalue weighted by molar-refractivity contribution is 0.853. The molecule has 7 aromatic rings. The maximum absolute atomic E-state index is 5.71. The van der Waals surface area contributed by atoms with E-state index in [0.29, 0.717) is 0 Å². The van der Waals surface area contributed by atoms with E-state index in [1.807, 2.05) is 68.5 Å². The van der Waals surface area contributed by atoms with Crippen LogP contribution in [0, 0.1) is 6.92 Å². The van der Waals surface area contributed by atoms with Gasteiger partial charge in [0, 0.05) is 33.9 Å². The summed E-state index contributed by atoms with van der Waals surface area (Å²) in [6, 6.07) is 53.2. The molecule has 0 saturated heterocycles. The molecule has 2 heterocycles. The van der Waals surface area contributed by atoms with Crippen molar-refractivity contribution in [2.75, 3.05) is 11.9 Å². The lowest BCUT2D eigenvalue weighted by Gasteiger charge is -2.29. The van der Waals surface area contributed by atoms with Gasteiger partial charge in [-0.05, 0) is 116 Å². The molecule has 0 saturated carbocycles. The van der Waals surface area contributed by atoms with Crippen molar-refractivity contribution in [3.63, 3.8) is 0 Å². The number of aryl methyl sites for hydroxylation is 2. The molecule has 8 rings (SSSR count). The van der Waals surface area contributed by atoms with Crippen molar-refractivity contribution in [3.05, 3.63) is 212 Å². The summed E-state index contributed by atoms with van der Waals surface area (Å²) in [6.07, 6.45) is 13.0. The van der Waals surface area contributed by atoms with Crippen LogP contribution in [0.1, 0.15) is 44.4 Å². The Balaban J connectivity index is 0.000000302. The highest BCUT2D eigenvalue weighted by Gasteiger charge is 2.18. The Bertz CT molecular complexity index is 2320. The van der Waals surface area contributed by atoms with Gasteiger partial charge in [0.05, 0.1) is 17.1 Å². The second-order valence-corrected chi connectivity index (χ2v) is 12.8. The normalized spacial score (nSPS) is 13.2. The third-order valence-electron chi connectivity index (χ3n) is 9.43. The zero-order chi connectivity index (χ0) is 40.3. The summed E-state index contributed by atoms with van der Waals surface area (Å²) in [5.74, 6) is 0. The van der Waals surface area contributed by atoms with E-state index in [1.54, 1.807) is 6.20 Å². The molecular formula is C52H58N4. The molecule has 1 aromatic heterocycles. The van der Waals surface area contributed by atoms with Crippen LogP contribution in [0.4, 0.5) is 5.69 Å². The highest BCUT2D eigenvalue weighted by molar-refractivity contribution is 6.10. The number of fused-ring (bicyclic) bond motifs is 4. The maximum atomic E-state index is 5.71. The number of nitrogens with two attached hydrogens (primary N) is 2. The average molecular weight is 739 g/mol. The van der Waals surface area contributed by atoms with Gasteiger partial charge in [0.2, 0.25) is 0 Å².